The van der Waals surface area contributed by atoms with Gasteiger partial charge in [-0.1, -0.05) is 29.8 Å². The van der Waals surface area contributed by atoms with Crippen LogP contribution in [0.2, 0.25) is 5.02 Å². The van der Waals surface area contributed by atoms with E-state index in [-0.39, 0.29) is 12.5 Å². The van der Waals surface area contributed by atoms with Crippen LogP contribution in [0.5, 0.6) is 5.75 Å². The summed E-state index contributed by atoms with van der Waals surface area (Å²) in [6.07, 6.45) is 0. The number of carbonyl (C=O) groups excluding carboxylic acids is 1. The number of amides is 1. The number of anilines is 3. The highest BCUT2D eigenvalue weighted by atomic mass is 35.5. The zero-order valence-electron chi connectivity index (χ0n) is 11.2. The van der Waals surface area contributed by atoms with Crippen LogP contribution in [0.1, 0.15) is 5.56 Å². The van der Waals surface area contributed by atoms with Crippen LogP contribution in [-0.4, -0.2) is 12.5 Å². The quantitative estimate of drug-likeness (QED) is 0.762. The standard InChI is InChI=1S/C15H14ClN3O2/c16-10-4-2-1-3-9(10)7-18-12-6-13-14(5-11(12)17)21-8-15(20)19-13/h1-6,18H,7-8,17H2,(H,19,20). The molecule has 0 fully saturated rings. The molecule has 0 radical (unpaired) electrons. The normalized spacial score (nSPS) is 13.1. The van der Waals surface area contributed by atoms with Crippen molar-refractivity contribution in [3.63, 3.8) is 0 Å². The number of nitrogens with two attached hydrogens (primary N) is 1. The summed E-state index contributed by atoms with van der Waals surface area (Å²) in [5.74, 6) is 0.403. The van der Waals surface area contributed by atoms with Crippen molar-refractivity contribution in [2.45, 2.75) is 6.54 Å². The van der Waals surface area contributed by atoms with Crippen molar-refractivity contribution in [1.29, 1.82) is 0 Å². The first-order chi connectivity index (χ1) is 10.1. The summed E-state index contributed by atoms with van der Waals surface area (Å²) < 4.78 is 5.31. The van der Waals surface area contributed by atoms with Crippen molar-refractivity contribution in [2.24, 2.45) is 0 Å². The molecule has 0 spiro atoms. The molecular formula is C15H14ClN3O2. The maximum absolute atomic E-state index is 11.3. The van der Waals surface area contributed by atoms with E-state index < -0.39 is 0 Å². The third-order valence-corrected chi connectivity index (χ3v) is 3.58. The molecule has 1 aliphatic heterocycles. The number of fused-ring (bicyclic) bond motifs is 1. The summed E-state index contributed by atoms with van der Waals surface area (Å²) in [5.41, 5.74) is 8.85. The van der Waals surface area contributed by atoms with Crippen molar-refractivity contribution in [3.05, 3.63) is 47.0 Å². The Morgan fingerprint density at radius 3 is 2.95 bits per heavy atom. The van der Waals surface area contributed by atoms with Gasteiger partial charge < -0.3 is 21.1 Å². The fraction of sp³-hybridized carbons (Fsp3) is 0.133. The lowest BCUT2D eigenvalue weighted by molar-refractivity contribution is -0.118. The Bertz CT molecular complexity index is 703. The lowest BCUT2D eigenvalue weighted by Crippen LogP contribution is -2.25. The molecular weight excluding hydrogens is 290 g/mol. The molecule has 4 N–H and O–H groups in total. The van der Waals surface area contributed by atoms with E-state index in [1.807, 2.05) is 24.3 Å². The largest absolute Gasteiger partial charge is 0.482 e. The van der Waals surface area contributed by atoms with Gasteiger partial charge in [0.25, 0.3) is 5.91 Å². The minimum absolute atomic E-state index is 0.0127. The van der Waals surface area contributed by atoms with Gasteiger partial charge in [0, 0.05) is 17.6 Å². The molecule has 1 heterocycles. The van der Waals surface area contributed by atoms with Gasteiger partial charge in [0.15, 0.2) is 6.61 Å². The number of nitrogens with one attached hydrogen (secondary N) is 2. The molecule has 0 aromatic heterocycles. The van der Waals surface area contributed by atoms with Gasteiger partial charge in [0.2, 0.25) is 0 Å². The lowest BCUT2D eigenvalue weighted by Gasteiger charge is -2.20. The highest BCUT2D eigenvalue weighted by Crippen LogP contribution is 2.35. The molecule has 0 saturated carbocycles. The van der Waals surface area contributed by atoms with Gasteiger partial charge in [-0.15, -0.1) is 0 Å². The summed E-state index contributed by atoms with van der Waals surface area (Å²) in [5, 5.41) is 6.66. The number of benzene rings is 2. The average molecular weight is 304 g/mol. The van der Waals surface area contributed by atoms with E-state index in [4.69, 9.17) is 22.1 Å². The fourth-order valence-corrected chi connectivity index (χ4v) is 2.33. The number of carbonyl (C=O) groups is 1. The Morgan fingerprint density at radius 1 is 1.33 bits per heavy atom. The Labute approximate surface area is 127 Å². The third-order valence-electron chi connectivity index (χ3n) is 3.21. The molecule has 0 saturated heterocycles. The van der Waals surface area contributed by atoms with E-state index in [0.717, 1.165) is 11.3 Å². The van der Waals surface area contributed by atoms with Crippen molar-refractivity contribution < 1.29 is 9.53 Å². The smallest absolute Gasteiger partial charge is 0.262 e. The molecule has 108 valence electrons. The molecule has 0 aliphatic carbocycles. The van der Waals surface area contributed by atoms with Crippen LogP contribution < -0.4 is 21.1 Å². The van der Waals surface area contributed by atoms with Crippen molar-refractivity contribution >= 4 is 34.6 Å². The Kier molecular flexibility index (Phi) is 3.58. The van der Waals surface area contributed by atoms with E-state index in [0.29, 0.717) is 28.7 Å². The Balaban J connectivity index is 1.81. The molecule has 3 rings (SSSR count). The van der Waals surface area contributed by atoms with Crippen LogP contribution in [0.15, 0.2) is 36.4 Å². The summed E-state index contributed by atoms with van der Waals surface area (Å²) in [6, 6.07) is 11.0. The van der Waals surface area contributed by atoms with Crippen LogP contribution in [0.4, 0.5) is 17.1 Å². The summed E-state index contributed by atoms with van der Waals surface area (Å²) in [7, 11) is 0. The number of hydrogen-bond acceptors (Lipinski definition) is 4. The molecule has 1 aliphatic rings. The summed E-state index contributed by atoms with van der Waals surface area (Å²) >= 11 is 6.12. The molecule has 0 unspecified atom stereocenters. The molecule has 6 heteroatoms. The van der Waals surface area contributed by atoms with Crippen molar-refractivity contribution in [3.8, 4) is 5.75 Å². The van der Waals surface area contributed by atoms with E-state index in [1.165, 1.54) is 0 Å². The van der Waals surface area contributed by atoms with Crippen LogP contribution in [0.3, 0.4) is 0 Å². The van der Waals surface area contributed by atoms with E-state index in [2.05, 4.69) is 10.6 Å². The van der Waals surface area contributed by atoms with Gasteiger partial charge in [-0.25, -0.2) is 0 Å². The average Bonchev–Trinajstić information content (AvgIpc) is 2.47. The summed E-state index contributed by atoms with van der Waals surface area (Å²) in [6.45, 7) is 0.552. The number of nitrogen functional groups attached to an aromatic ring is 1. The first-order valence-corrected chi connectivity index (χ1v) is 6.85. The predicted molar refractivity (Wildman–Crippen MR) is 83.8 cm³/mol. The molecule has 0 bridgehead atoms. The highest BCUT2D eigenvalue weighted by molar-refractivity contribution is 6.31. The van der Waals surface area contributed by atoms with Crippen LogP contribution >= 0.6 is 11.6 Å². The minimum atomic E-state index is -0.177. The van der Waals surface area contributed by atoms with Crippen LogP contribution in [0.25, 0.3) is 0 Å². The zero-order valence-corrected chi connectivity index (χ0v) is 11.9. The first-order valence-electron chi connectivity index (χ1n) is 6.47. The highest BCUT2D eigenvalue weighted by Gasteiger charge is 2.17. The molecule has 21 heavy (non-hydrogen) atoms. The predicted octanol–water partition coefficient (Wildman–Crippen LogP) is 2.87. The second-order valence-corrected chi connectivity index (χ2v) is 5.12. The molecule has 2 aromatic carbocycles. The van der Waals surface area contributed by atoms with E-state index in [9.17, 15) is 4.79 Å². The van der Waals surface area contributed by atoms with E-state index in [1.54, 1.807) is 12.1 Å². The van der Waals surface area contributed by atoms with Gasteiger partial charge in [-0.3, -0.25) is 4.79 Å². The fourth-order valence-electron chi connectivity index (χ4n) is 2.13. The van der Waals surface area contributed by atoms with Crippen LogP contribution in [0, 0.1) is 0 Å². The molecule has 2 aromatic rings. The van der Waals surface area contributed by atoms with Crippen LogP contribution in [-0.2, 0) is 11.3 Å². The number of halogens is 1. The second-order valence-electron chi connectivity index (χ2n) is 4.72. The number of rotatable bonds is 3. The summed E-state index contributed by atoms with van der Waals surface area (Å²) in [4.78, 5) is 11.3. The van der Waals surface area contributed by atoms with Crippen molar-refractivity contribution in [2.75, 3.05) is 23.0 Å². The number of hydrogen-bond donors (Lipinski definition) is 3. The monoisotopic (exact) mass is 303 g/mol. The first kappa shape index (κ1) is 13.6. The Morgan fingerprint density at radius 2 is 2.14 bits per heavy atom. The van der Waals surface area contributed by atoms with Gasteiger partial charge in [0.05, 0.1) is 17.1 Å². The molecule has 0 atom stereocenters. The maximum atomic E-state index is 11.3. The Hall–Kier alpha value is -2.40. The minimum Gasteiger partial charge on any atom is -0.482 e. The van der Waals surface area contributed by atoms with Gasteiger partial charge in [-0.2, -0.15) is 0 Å². The molecule has 1 amide bonds. The SMILES string of the molecule is Nc1cc2c(cc1NCc1ccccc1Cl)NC(=O)CO2. The van der Waals surface area contributed by atoms with Gasteiger partial charge >= 0.3 is 0 Å². The zero-order chi connectivity index (χ0) is 14.8. The van der Waals surface area contributed by atoms with Gasteiger partial charge in [0.1, 0.15) is 5.75 Å². The topological polar surface area (TPSA) is 76.4 Å². The van der Waals surface area contributed by atoms with E-state index >= 15 is 0 Å². The van der Waals surface area contributed by atoms with Crippen molar-refractivity contribution in [1.82, 2.24) is 0 Å². The lowest BCUT2D eigenvalue weighted by atomic mass is 10.2. The maximum Gasteiger partial charge on any atom is 0.262 e. The number of ether oxygens (including phenoxy) is 1. The third kappa shape index (κ3) is 2.87. The molecule has 5 nitrogen and oxygen atoms in total. The second kappa shape index (κ2) is 5.54. The van der Waals surface area contributed by atoms with Gasteiger partial charge in [-0.05, 0) is 17.7 Å².